The lowest BCUT2D eigenvalue weighted by molar-refractivity contribution is 1.13. The van der Waals surface area contributed by atoms with Crippen molar-refractivity contribution < 1.29 is 0 Å². The van der Waals surface area contributed by atoms with Crippen molar-refractivity contribution >= 4 is 17.2 Å². The number of benzene rings is 1. The van der Waals surface area contributed by atoms with E-state index < -0.39 is 0 Å². The third-order valence-electron chi connectivity index (χ3n) is 2.32. The van der Waals surface area contributed by atoms with Gasteiger partial charge >= 0.3 is 0 Å². The van der Waals surface area contributed by atoms with E-state index in [9.17, 15) is 0 Å². The summed E-state index contributed by atoms with van der Waals surface area (Å²) >= 11 is 0. The molecular weight excluding hydrogens is 198 g/mol. The zero-order valence-electron chi connectivity index (χ0n) is 9.51. The van der Waals surface area contributed by atoms with Crippen molar-refractivity contribution in [2.45, 2.75) is 0 Å². The Kier molecular flexibility index (Phi) is 3.05. The molecule has 1 N–H and O–H groups in total. The fraction of sp³-hybridized carbons (Fsp3) is 0.154. The highest BCUT2D eigenvalue weighted by molar-refractivity contribution is 5.60. The Morgan fingerprint density at radius 3 is 2.31 bits per heavy atom. The number of rotatable bonds is 3. The third-order valence-corrected chi connectivity index (χ3v) is 2.32. The minimum Gasteiger partial charge on any atom is -0.378 e. The van der Waals surface area contributed by atoms with Crippen LogP contribution < -0.4 is 10.2 Å². The number of hydrogen-bond acceptors (Lipinski definition) is 3. The summed E-state index contributed by atoms with van der Waals surface area (Å²) in [5.41, 5.74) is 2.23. The van der Waals surface area contributed by atoms with Crippen LogP contribution in [0, 0.1) is 0 Å². The Labute approximate surface area is 95.7 Å². The summed E-state index contributed by atoms with van der Waals surface area (Å²) in [6.45, 7) is 0. The van der Waals surface area contributed by atoms with E-state index in [0.717, 1.165) is 11.5 Å². The average Bonchev–Trinajstić information content (AvgIpc) is 2.31. The molecule has 1 aromatic carbocycles. The summed E-state index contributed by atoms with van der Waals surface area (Å²) < 4.78 is 0. The molecule has 1 heterocycles. The highest BCUT2D eigenvalue weighted by atomic mass is 15.1. The Hall–Kier alpha value is -2.03. The van der Waals surface area contributed by atoms with Crippen LogP contribution in [0.15, 0.2) is 48.7 Å². The SMILES string of the molecule is CN(C)c1ccc(Nc2ccccn2)cc1. The lowest BCUT2D eigenvalue weighted by Gasteiger charge is -2.13. The fourth-order valence-corrected chi connectivity index (χ4v) is 1.43. The van der Waals surface area contributed by atoms with E-state index in [1.165, 1.54) is 5.69 Å². The molecule has 0 saturated carbocycles. The van der Waals surface area contributed by atoms with Crippen LogP contribution in [0.1, 0.15) is 0 Å². The Balaban J connectivity index is 2.11. The maximum atomic E-state index is 4.21. The van der Waals surface area contributed by atoms with Gasteiger partial charge < -0.3 is 10.2 Å². The van der Waals surface area contributed by atoms with Crippen LogP contribution in [0.2, 0.25) is 0 Å². The molecule has 0 bridgehead atoms. The molecular formula is C13H15N3. The second-order valence-corrected chi connectivity index (χ2v) is 3.78. The molecule has 0 fully saturated rings. The summed E-state index contributed by atoms with van der Waals surface area (Å²) in [5.74, 6) is 0.861. The molecule has 0 unspecified atom stereocenters. The maximum absolute atomic E-state index is 4.21. The first-order chi connectivity index (χ1) is 7.75. The van der Waals surface area contributed by atoms with Gasteiger partial charge in [-0.2, -0.15) is 0 Å². The van der Waals surface area contributed by atoms with Gasteiger partial charge in [0, 0.05) is 31.7 Å². The van der Waals surface area contributed by atoms with Gasteiger partial charge in [0.25, 0.3) is 0 Å². The number of nitrogens with zero attached hydrogens (tertiary/aromatic N) is 2. The standard InChI is InChI=1S/C13H15N3/c1-16(2)12-8-6-11(7-9-12)15-13-5-3-4-10-14-13/h3-10H,1-2H3,(H,14,15). The monoisotopic (exact) mass is 213 g/mol. The molecule has 16 heavy (non-hydrogen) atoms. The van der Waals surface area contributed by atoms with Crippen molar-refractivity contribution in [2.24, 2.45) is 0 Å². The van der Waals surface area contributed by atoms with E-state index in [1.54, 1.807) is 6.20 Å². The van der Waals surface area contributed by atoms with Gasteiger partial charge in [0.05, 0.1) is 0 Å². The molecule has 0 amide bonds. The molecule has 3 nitrogen and oxygen atoms in total. The van der Waals surface area contributed by atoms with Gasteiger partial charge in [-0.1, -0.05) is 6.07 Å². The van der Waals surface area contributed by atoms with Crippen LogP contribution in [0.25, 0.3) is 0 Å². The quantitative estimate of drug-likeness (QED) is 0.849. The minimum absolute atomic E-state index is 0.861. The van der Waals surface area contributed by atoms with E-state index in [1.807, 2.05) is 44.4 Å². The van der Waals surface area contributed by atoms with Crippen LogP contribution in [-0.2, 0) is 0 Å². The average molecular weight is 213 g/mol. The van der Waals surface area contributed by atoms with E-state index in [-0.39, 0.29) is 0 Å². The first kappa shape index (κ1) is 10.5. The largest absolute Gasteiger partial charge is 0.378 e. The molecule has 0 aliphatic carbocycles. The van der Waals surface area contributed by atoms with E-state index in [2.05, 4.69) is 27.3 Å². The van der Waals surface area contributed by atoms with Gasteiger partial charge in [0.1, 0.15) is 5.82 Å². The first-order valence-electron chi connectivity index (χ1n) is 5.21. The first-order valence-corrected chi connectivity index (χ1v) is 5.21. The predicted octanol–water partition coefficient (Wildman–Crippen LogP) is 2.89. The van der Waals surface area contributed by atoms with Gasteiger partial charge in [0.2, 0.25) is 0 Å². The molecule has 3 heteroatoms. The zero-order chi connectivity index (χ0) is 11.4. The number of nitrogens with one attached hydrogen (secondary N) is 1. The Bertz CT molecular complexity index is 434. The molecule has 1 aromatic heterocycles. The maximum Gasteiger partial charge on any atom is 0.130 e. The minimum atomic E-state index is 0.861. The summed E-state index contributed by atoms with van der Waals surface area (Å²) in [6, 6.07) is 14.0. The van der Waals surface area contributed by atoms with Gasteiger partial charge in [-0.05, 0) is 36.4 Å². The van der Waals surface area contributed by atoms with Crippen LogP contribution in [0.4, 0.5) is 17.2 Å². The zero-order valence-corrected chi connectivity index (χ0v) is 9.51. The van der Waals surface area contributed by atoms with Crippen LogP contribution in [0.5, 0.6) is 0 Å². The third kappa shape index (κ3) is 2.51. The molecule has 0 atom stereocenters. The van der Waals surface area contributed by atoms with Crippen molar-refractivity contribution in [3.63, 3.8) is 0 Å². The smallest absolute Gasteiger partial charge is 0.130 e. The van der Waals surface area contributed by atoms with Crippen molar-refractivity contribution in [3.8, 4) is 0 Å². The van der Waals surface area contributed by atoms with Crippen molar-refractivity contribution in [1.82, 2.24) is 4.98 Å². The molecule has 0 saturated heterocycles. The predicted molar refractivity (Wildman–Crippen MR) is 68.3 cm³/mol. The van der Waals surface area contributed by atoms with Gasteiger partial charge in [0.15, 0.2) is 0 Å². The Morgan fingerprint density at radius 2 is 1.75 bits per heavy atom. The van der Waals surface area contributed by atoms with Crippen molar-refractivity contribution in [1.29, 1.82) is 0 Å². The number of anilines is 3. The number of hydrogen-bond donors (Lipinski definition) is 1. The Morgan fingerprint density at radius 1 is 1.00 bits per heavy atom. The second-order valence-electron chi connectivity index (χ2n) is 3.78. The molecule has 0 aliphatic rings. The normalized spacial score (nSPS) is 9.88. The molecule has 0 radical (unpaired) electrons. The molecule has 82 valence electrons. The van der Waals surface area contributed by atoms with E-state index >= 15 is 0 Å². The van der Waals surface area contributed by atoms with Crippen molar-refractivity contribution in [3.05, 3.63) is 48.7 Å². The van der Waals surface area contributed by atoms with E-state index in [4.69, 9.17) is 0 Å². The van der Waals surface area contributed by atoms with Crippen LogP contribution in [0.3, 0.4) is 0 Å². The molecule has 0 spiro atoms. The summed E-state index contributed by atoms with van der Waals surface area (Å²) in [6.07, 6.45) is 1.77. The lowest BCUT2D eigenvalue weighted by atomic mass is 10.2. The fourth-order valence-electron chi connectivity index (χ4n) is 1.43. The van der Waals surface area contributed by atoms with Gasteiger partial charge in [-0.3, -0.25) is 0 Å². The van der Waals surface area contributed by atoms with Crippen LogP contribution in [-0.4, -0.2) is 19.1 Å². The lowest BCUT2D eigenvalue weighted by Crippen LogP contribution is -2.08. The summed E-state index contributed by atoms with van der Waals surface area (Å²) in [5, 5.41) is 3.24. The topological polar surface area (TPSA) is 28.2 Å². The highest BCUT2D eigenvalue weighted by Crippen LogP contribution is 2.18. The second kappa shape index (κ2) is 4.66. The summed E-state index contributed by atoms with van der Waals surface area (Å²) in [4.78, 5) is 6.28. The molecule has 2 aromatic rings. The summed E-state index contributed by atoms with van der Waals surface area (Å²) in [7, 11) is 4.06. The van der Waals surface area contributed by atoms with E-state index in [0.29, 0.717) is 0 Å². The molecule has 2 rings (SSSR count). The van der Waals surface area contributed by atoms with Crippen LogP contribution >= 0.6 is 0 Å². The number of aromatic nitrogens is 1. The van der Waals surface area contributed by atoms with Gasteiger partial charge in [-0.15, -0.1) is 0 Å². The molecule has 0 aliphatic heterocycles. The van der Waals surface area contributed by atoms with Gasteiger partial charge in [-0.25, -0.2) is 4.98 Å². The highest BCUT2D eigenvalue weighted by Gasteiger charge is 1.96. The van der Waals surface area contributed by atoms with Crippen molar-refractivity contribution in [2.75, 3.05) is 24.3 Å². The number of pyridine rings is 1.